The van der Waals surface area contributed by atoms with Gasteiger partial charge in [0.1, 0.15) is 33.6 Å². The van der Waals surface area contributed by atoms with Crippen molar-refractivity contribution in [3.05, 3.63) is 106 Å². The zero-order valence-electron chi connectivity index (χ0n) is 30.9. The summed E-state index contributed by atoms with van der Waals surface area (Å²) in [6.45, 7) is 7.51. The lowest BCUT2D eigenvalue weighted by Gasteiger charge is -2.38. The third kappa shape index (κ3) is 10.4. The van der Waals surface area contributed by atoms with Gasteiger partial charge < -0.3 is 19.9 Å². The molecule has 11 nitrogen and oxygen atoms in total. The first kappa shape index (κ1) is 41.2. The Bertz CT molecular complexity index is 2040. The Morgan fingerprint density at radius 1 is 1.05 bits per heavy atom. The molecule has 5 rings (SSSR count). The highest BCUT2D eigenvalue weighted by Crippen LogP contribution is 2.43. The maximum atomic E-state index is 15.6. The summed E-state index contributed by atoms with van der Waals surface area (Å²) in [5.41, 5.74) is -2.22. The number of carbonyl (C=O) groups is 2. The molecule has 1 aliphatic rings. The first-order valence-corrected chi connectivity index (χ1v) is 19.0. The molecule has 0 radical (unpaired) electrons. The molecule has 3 N–H and O–H groups in total. The standard InChI is InChI=1S/C39H43F4N7O4S/c1-5-6-19-54-36(52)45-24-26-9-7-11-29(20-26)50-32(22-34(48-50)39(41,42)43)35(51)47-31-21-27(15-16-30(31)40)38(18-17-25-13-14-25,49-55(53)37(2,3)4)33-12-8-10-28(23-44)46-33/h7-12,15-16,20-22,25,49H,5-6,13-14,17-19,24H2,1-4H3,(H,45,52)(H,47,51)/t38?,55-/m1/s1. The Morgan fingerprint density at radius 3 is 2.47 bits per heavy atom. The van der Waals surface area contributed by atoms with Crippen molar-refractivity contribution < 1.29 is 36.4 Å². The monoisotopic (exact) mass is 781 g/mol. The first-order chi connectivity index (χ1) is 26.0. The minimum Gasteiger partial charge on any atom is -0.598 e. The summed E-state index contributed by atoms with van der Waals surface area (Å²) in [6, 6.07) is 17.4. The van der Waals surface area contributed by atoms with Crippen LogP contribution < -0.4 is 15.4 Å². The number of unbranched alkanes of at least 4 members (excludes halogenated alkanes) is 1. The third-order valence-corrected chi connectivity index (χ3v) is 10.7. The van der Waals surface area contributed by atoms with Crippen LogP contribution in [0.4, 0.5) is 28.0 Å². The van der Waals surface area contributed by atoms with E-state index in [4.69, 9.17) is 4.74 Å². The van der Waals surface area contributed by atoms with Gasteiger partial charge in [-0.25, -0.2) is 18.9 Å². The van der Waals surface area contributed by atoms with Gasteiger partial charge in [-0.2, -0.15) is 23.5 Å². The van der Waals surface area contributed by atoms with Gasteiger partial charge in [0, 0.05) is 24.0 Å². The summed E-state index contributed by atoms with van der Waals surface area (Å²) in [5, 5.41) is 18.4. The molecule has 0 bridgehead atoms. The van der Waals surface area contributed by atoms with Crippen LogP contribution in [0.5, 0.6) is 0 Å². The second-order valence-corrected chi connectivity index (χ2v) is 16.3. The van der Waals surface area contributed by atoms with E-state index in [1.54, 1.807) is 39.0 Å². The molecule has 292 valence electrons. The number of nitrogens with zero attached hydrogens (tertiary/aromatic N) is 4. The number of amides is 2. The zero-order chi connectivity index (χ0) is 40.0. The van der Waals surface area contributed by atoms with E-state index in [1.807, 2.05) is 13.0 Å². The van der Waals surface area contributed by atoms with Crippen LogP contribution in [0.15, 0.2) is 66.7 Å². The molecular formula is C39H43F4N7O4S. The average molecular weight is 782 g/mol. The van der Waals surface area contributed by atoms with Crippen molar-refractivity contribution >= 4 is 29.0 Å². The third-order valence-electron chi connectivity index (χ3n) is 9.01. The van der Waals surface area contributed by atoms with Crippen molar-refractivity contribution in [1.82, 2.24) is 24.8 Å². The van der Waals surface area contributed by atoms with Gasteiger partial charge in [-0.1, -0.05) is 50.5 Å². The minimum atomic E-state index is -4.92. The number of nitrogens with one attached hydrogen (secondary N) is 3. The van der Waals surface area contributed by atoms with Crippen molar-refractivity contribution in [3.8, 4) is 11.8 Å². The summed E-state index contributed by atoms with van der Waals surface area (Å²) < 4.78 is 79.8. The van der Waals surface area contributed by atoms with Gasteiger partial charge in [0.25, 0.3) is 5.91 Å². The molecule has 55 heavy (non-hydrogen) atoms. The largest absolute Gasteiger partial charge is 0.598 e. The smallest absolute Gasteiger partial charge is 0.435 e. The maximum absolute atomic E-state index is 15.6. The Labute approximate surface area is 320 Å². The second kappa shape index (κ2) is 17.2. The lowest BCUT2D eigenvalue weighted by atomic mass is 9.82. The molecule has 1 unspecified atom stereocenters. The molecule has 4 aromatic rings. The molecule has 2 aromatic heterocycles. The fraction of sp³-hybridized carbons (Fsp3) is 0.410. The number of benzene rings is 2. The van der Waals surface area contributed by atoms with E-state index in [1.165, 1.54) is 36.4 Å². The zero-order valence-corrected chi connectivity index (χ0v) is 31.7. The maximum Gasteiger partial charge on any atom is 0.435 e. The molecule has 1 aliphatic carbocycles. The Morgan fingerprint density at radius 2 is 1.80 bits per heavy atom. The number of halogens is 4. The molecular weight excluding hydrogens is 739 g/mol. The Hall–Kier alpha value is -4.98. The van der Waals surface area contributed by atoms with Crippen LogP contribution in [0.3, 0.4) is 0 Å². The minimum absolute atomic E-state index is 0.0195. The number of carbonyl (C=O) groups excluding carboxylic acids is 2. The van der Waals surface area contributed by atoms with E-state index in [0.717, 1.165) is 30.0 Å². The number of nitriles is 1. The van der Waals surface area contributed by atoms with Crippen LogP contribution in [-0.2, 0) is 34.4 Å². The number of pyridine rings is 1. The summed E-state index contributed by atoms with van der Waals surface area (Å²) in [7, 11) is 0. The number of hydrogen-bond donors (Lipinski definition) is 3. The van der Waals surface area contributed by atoms with Gasteiger partial charge in [-0.15, -0.1) is 4.72 Å². The predicted octanol–water partition coefficient (Wildman–Crippen LogP) is 8.06. The van der Waals surface area contributed by atoms with Crippen molar-refractivity contribution in [1.29, 1.82) is 5.26 Å². The van der Waals surface area contributed by atoms with Crippen LogP contribution in [0, 0.1) is 23.1 Å². The summed E-state index contributed by atoms with van der Waals surface area (Å²) in [4.78, 5) is 30.5. The van der Waals surface area contributed by atoms with Crippen LogP contribution in [0.25, 0.3) is 5.69 Å². The van der Waals surface area contributed by atoms with Gasteiger partial charge in [-0.3, -0.25) is 4.79 Å². The summed E-state index contributed by atoms with van der Waals surface area (Å²) in [5.74, 6) is -1.58. The van der Waals surface area contributed by atoms with E-state index in [-0.39, 0.29) is 30.2 Å². The van der Waals surface area contributed by atoms with Crippen molar-refractivity contribution in [2.24, 2.45) is 5.92 Å². The summed E-state index contributed by atoms with van der Waals surface area (Å²) in [6.07, 6.45) is -1.02. The number of alkyl halides is 3. The number of ether oxygens (including phenoxy) is 1. The number of rotatable bonds is 15. The molecule has 16 heteroatoms. The van der Waals surface area contributed by atoms with Gasteiger partial charge in [0.15, 0.2) is 5.69 Å². The SMILES string of the molecule is CCCCOC(=O)NCc1cccc(-n2nc(C(F)(F)F)cc2C(=O)Nc2cc(C(CCC3CC3)(N[S@+]([O-])C(C)(C)C)c3cccc(C#N)n3)ccc2F)c1. The number of aromatic nitrogens is 3. The lowest BCUT2D eigenvalue weighted by molar-refractivity contribution is -0.141. The van der Waals surface area contributed by atoms with Crippen LogP contribution in [-0.4, -0.2) is 42.7 Å². The fourth-order valence-corrected chi connectivity index (χ4v) is 6.69. The molecule has 0 spiro atoms. The van der Waals surface area contributed by atoms with Crippen LogP contribution in [0.2, 0.25) is 0 Å². The second-order valence-electron chi connectivity index (χ2n) is 14.4. The quantitative estimate of drug-likeness (QED) is 0.0621. The predicted molar refractivity (Wildman–Crippen MR) is 199 cm³/mol. The fourth-order valence-electron chi connectivity index (χ4n) is 5.74. The highest BCUT2D eigenvalue weighted by Gasteiger charge is 2.45. The van der Waals surface area contributed by atoms with Gasteiger partial charge in [0.2, 0.25) is 0 Å². The molecule has 2 amide bonds. The Balaban J connectivity index is 1.53. The van der Waals surface area contributed by atoms with Gasteiger partial charge >= 0.3 is 12.3 Å². The Kier molecular flexibility index (Phi) is 12.9. The van der Waals surface area contributed by atoms with E-state index in [2.05, 4.69) is 25.4 Å². The van der Waals surface area contributed by atoms with Crippen LogP contribution in [0.1, 0.15) is 105 Å². The van der Waals surface area contributed by atoms with Gasteiger partial charge in [0.05, 0.1) is 23.7 Å². The molecule has 2 aromatic carbocycles. The molecule has 1 saturated carbocycles. The van der Waals surface area contributed by atoms with Crippen molar-refractivity contribution in [2.45, 2.75) is 89.2 Å². The van der Waals surface area contributed by atoms with Crippen LogP contribution >= 0.6 is 0 Å². The summed E-state index contributed by atoms with van der Waals surface area (Å²) >= 11 is -1.70. The molecule has 2 atom stereocenters. The molecule has 2 heterocycles. The van der Waals surface area contributed by atoms with E-state index >= 15 is 4.39 Å². The van der Waals surface area contributed by atoms with Crippen molar-refractivity contribution in [2.75, 3.05) is 11.9 Å². The molecule has 0 aliphatic heterocycles. The number of hydrogen-bond acceptors (Lipinski definition) is 8. The average Bonchev–Trinajstić information content (AvgIpc) is 3.86. The van der Waals surface area contributed by atoms with E-state index in [9.17, 15) is 32.6 Å². The topological polar surface area (TPSA) is 157 Å². The first-order valence-electron chi connectivity index (χ1n) is 17.9. The highest BCUT2D eigenvalue weighted by molar-refractivity contribution is 7.90. The number of alkyl carbamates (subject to hydrolysis) is 1. The van der Waals surface area contributed by atoms with Crippen molar-refractivity contribution in [3.63, 3.8) is 0 Å². The van der Waals surface area contributed by atoms with Gasteiger partial charge in [-0.05, 0) is 93.5 Å². The lowest BCUT2D eigenvalue weighted by Crippen LogP contribution is -2.52. The van der Waals surface area contributed by atoms with E-state index in [0.29, 0.717) is 48.1 Å². The molecule has 0 saturated heterocycles. The van der Waals surface area contributed by atoms with E-state index < -0.39 is 57.0 Å². The molecule has 1 fully saturated rings. The number of anilines is 1. The highest BCUT2D eigenvalue weighted by atomic mass is 32.2. The normalized spacial score (nSPS) is 14.8.